The Labute approximate surface area is 171 Å². The molecule has 0 spiro atoms. The second-order valence-corrected chi connectivity index (χ2v) is 7.60. The summed E-state index contributed by atoms with van der Waals surface area (Å²) in [5.41, 5.74) is 2.00. The number of nitrogens with zero attached hydrogens (tertiary/aromatic N) is 4. The van der Waals surface area contributed by atoms with E-state index in [0.29, 0.717) is 35.6 Å². The highest BCUT2D eigenvalue weighted by atomic mass is 19.4. The van der Waals surface area contributed by atoms with Gasteiger partial charge in [0, 0.05) is 18.5 Å². The van der Waals surface area contributed by atoms with Crippen LogP contribution in [0.5, 0.6) is 0 Å². The van der Waals surface area contributed by atoms with Gasteiger partial charge in [0.25, 0.3) is 0 Å². The molecular formula is C21H22F3N5O. The Morgan fingerprint density at radius 2 is 2.03 bits per heavy atom. The summed E-state index contributed by atoms with van der Waals surface area (Å²) in [6.07, 6.45) is -2.32. The van der Waals surface area contributed by atoms with E-state index in [4.69, 9.17) is 0 Å². The highest BCUT2D eigenvalue weighted by Crippen LogP contribution is 2.33. The first kappa shape index (κ1) is 20.3. The van der Waals surface area contributed by atoms with Gasteiger partial charge in [-0.1, -0.05) is 12.1 Å². The lowest BCUT2D eigenvalue weighted by molar-refractivity contribution is -0.137. The zero-order valence-electron chi connectivity index (χ0n) is 16.6. The molecule has 1 aliphatic rings. The summed E-state index contributed by atoms with van der Waals surface area (Å²) in [4.78, 5) is 6.57. The number of hydrogen-bond acceptors (Lipinski definition) is 6. The normalized spacial score (nSPS) is 18.1. The van der Waals surface area contributed by atoms with Gasteiger partial charge in [0.1, 0.15) is 0 Å². The molecule has 0 aliphatic carbocycles. The van der Waals surface area contributed by atoms with Crippen LogP contribution in [0.25, 0.3) is 10.9 Å². The number of rotatable bonds is 4. The fourth-order valence-corrected chi connectivity index (χ4v) is 3.68. The van der Waals surface area contributed by atoms with E-state index >= 15 is 0 Å². The molecule has 30 heavy (non-hydrogen) atoms. The van der Waals surface area contributed by atoms with Crippen LogP contribution in [0.2, 0.25) is 0 Å². The van der Waals surface area contributed by atoms with E-state index in [9.17, 15) is 18.3 Å². The average molecular weight is 417 g/mol. The first-order valence-corrected chi connectivity index (χ1v) is 9.72. The number of alkyl halides is 3. The predicted molar refractivity (Wildman–Crippen MR) is 108 cm³/mol. The highest BCUT2D eigenvalue weighted by molar-refractivity contribution is 5.92. The van der Waals surface area contributed by atoms with Crippen molar-refractivity contribution in [3.8, 4) is 0 Å². The first-order chi connectivity index (χ1) is 14.2. The quantitative estimate of drug-likeness (QED) is 0.666. The van der Waals surface area contributed by atoms with Crippen LogP contribution in [0.4, 0.5) is 24.7 Å². The van der Waals surface area contributed by atoms with Gasteiger partial charge in [-0.2, -0.15) is 18.3 Å². The zero-order chi connectivity index (χ0) is 21.5. The first-order valence-electron chi connectivity index (χ1n) is 9.72. The summed E-state index contributed by atoms with van der Waals surface area (Å²) in [6.45, 7) is 4.85. The van der Waals surface area contributed by atoms with Crippen molar-refractivity contribution in [3.05, 3.63) is 53.3 Å². The number of aliphatic hydroxyl groups is 1. The van der Waals surface area contributed by atoms with Gasteiger partial charge < -0.3 is 15.3 Å². The number of nitrogens with one attached hydrogen (secondary N) is 1. The molecule has 0 unspecified atom stereocenters. The fourth-order valence-electron chi connectivity index (χ4n) is 3.68. The molecule has 2 atom stereocenters. The van der Waals surface area contributed by atoms with Crippen LogP contribution in [-0.2, 0) is 6.18 Å². The van der Waals surface area contributed by atoms with Gasteiger partial charge in [-0.3, -0.25) is 4.98 Å². The van der Waals surface area contributed by atoms with Crippen LogP contribution in [-0.4, -0.2) is 39.5 Å². The van der Waals surface area contributed by atoms with Crippen molar-refractivity contribution >= 4 is 22.4 Å². The fraction of sp³-hybridized carbons (Fsp3) is 0.381. The molecule has 158 valence electrons. The molecule has 0 amide bonds. The van der Waals surface area contributed by atoms with Crippen molar-refractivity contribution < 1.29 is 18.3 Å². The van der Waals surface area contributed by atoms with Gasteiger partial charge in [0.15, 0.2) is 5.82 Å². The molecule has 1 saturated heterocycles. The Kier molecular flexibility index (Phi) is 5.23. The van der Waals surface area contributed by atoms with Crippen LogP contribution < -0.4 is 10.2 Å². The number of β-amino-alcohol motifs (C(OH)–C–C–N with tert-alkyl or cyclic N) is 1. The number of pyridine rings is 1. The maximum atomic E-state index is 13.1. The SMILES string of the molecule is Cc1nnc(N[C@H](C)c2cccc(C(F)(F)F)c2)c2cc(N3CC[C@@H](O)C3)cnc12. The van der Waals surface area contributed by atoms with E-state index in [2.05, 4.69) is 20.5 Å². The van der Waals surface area contributed by atoms with Crippen LogP contribution in [0.15, 0.2) is 36.5 Å². The molecule has 0 radical (unpaired) electrons. The molecule has 3 aromatic rings. The van der Waals surface area contributed by atoms with E-state index in [0.717, 1.165) is 29.8 Å². The molecule has 2 aromatic heterocycles. The van der Waals surface area contributed by atoms with Gasteiger partial charge >= 0.3 is 6.18 Å². The minimum absolute atomic E-state index is 0.364. The van der Waals surface area contributed by atoms with Crippen molar-refractivity contribution in [2.75, 3.05) is 23.3 Å². The molecule has 0 bridgehead atoms. The van der Waals surface area contributed by atoms with E-state index in [1.54, 1.807) is 19.2 Å². The van der Waals surface area contributed by atoms with Crippen molar-refractivity contribution in [2.24, 2.45) is 0 Å². The molecule has 3 heterocycles. The second kappa shape index (κ2) is 7.71. The van der Waals surface area contributed by atoms with Crippen LogP contribution in [0.1, 0.15) is 36.2 Å². The number of aromatic nitrogens is 3. The third-order valence-electron chi connectivity index (χ3n) is 5.37. The highest BCUT2D eigenvalue weighted by Gasteiger charge is 2.30. The Morgan fingerprint density at radius 3 is 2.73 bits per heavy atom. The number of fused-ring (bicyclic) bond motifs is 1. The van der Waals surface area contributed by atoms with Gasteiger partial charge in [-0.15, -0.1) is 5.10 Å². The van der Waals surface area contributed by atoms with Crippen molar-refractivity contribution in [3.63, 3.8) is 0 Å². The number of anilines is 2. The molecule has 9 heteroatoms. The van der Waals surface area contributed by atoms with Crippen LogP contribution in [0.3, 0.4) is 0 Å². The molecule has 1 aromatic carbocycles. The maximum absolute atomic E-state index is 13.1. The molecule has 2 N–H and O–H groups in total. The topological polar surface area (TPSA) is 74.2 Å². The summed E-state index contributed by atoms with van der Waals surface area (Å²) < 4.78 is 39.2. The van der Waals surface area contributed by atoms with Gasteiger partial charge in [0.2, 0.25) is 0 Å². The maximum Gasteiger partial charge on any atom is 0.416 e. The predicted octanol–water partition coefficient (Wildman–Crippen LogP) is 4.10. The van der Waals surface area contributed by atoms with E-state index in [-0.39, 0.29) is 6.10 Å². The second-order valence-electron chi connectivity index (χ2n) is 7.60. The van der Waals surface area contributed by atoms with Gasteiger partial charge in [-0.25, -0.2) is 0 Å². The largest absolute Gasteiger partial charge is 0.416 e. The lowest BCUT2D eigenvalue weighted by atomic mass is 10.0. The molecule has 0 saturated carbocycles. The van der Waals surface area contributed by atoms with E-state index in [1.165, 1.54) is 6.07 Å². The van der Waals surface area contributed by atoms with Crippen LogP contribution in [0, 0.1) is 6.92 Å². The molecule has 6 nitrogen and oxygen atoms in total. The van der Waals surface area contributed by atoms with E-state index < -0.39 is 17.8 Å². The Morgan fingerprint density at radius 1 is 1.23 bits per heavy atom. The average Bonchev–Trinajstić information content (AvgIpc) is 3.15. The number of benzene rings is 1. The lowest BCUT2D eigenvalue weighted by Crippen LogP contribution is -2.21. The number of halogens is 3. The summed E-state index contributed by atoms with van der Waals surface area (Å²) in [5, 5.41) is 22.1. The number of aryl methyl sites for hydroxylation is 1. The minimum atomic E-state index is -4.40. The minimum Gasteiger partial charge on any atom is -0.391 e. The van der Waals surface area contributed by atoms with Crippen molar-refractivity contribution in [2.45, 2.75) is 38.6 Å². The number of hydrogen-bond donors (Lipinski definition) is 2. The summed E-state index contributed by atoms with van der Waals surface area (Å²) in [6, 6.07) is 6.74. The molecule has 1 aliphatic heterocycles. The Hall–Kier alpha value is -2.94. The molecule has 4 rings (SSSR count). The Balaban J connectivity index is 1.67. The number of aliphatic hydroxyl groups excluding tert-OH is 1. The van der Waals surface area contributed by atoms with Crippen LogP contribution >= 0.6 is 0 Å². The van der Waals surface area contributed by atoms with Crippen molar-refractivity contribution in [1.29, 1.82) is 0 Å². The third kappa shape index (κ3) is 4.02. The zero-order valence-corrected chi connectivity index (χ0v) is 16.6. The summed E-state index contributed by atoms with van der Waals surface area (Å²) >= 11 is 0. The smallest absolute Gasteiger partial charge is 0.391 e. The summed E-state index contributed by atoms with van der Waals surface area (Å²) in [7, 11) is 0. The Bertz CT molecular complexity index is 1070. The molecular weight excluding hydrogens is 395 g/mol. The monoisotopic (exact) mass is 417 g/mol. The lowest BCUT2D eigenvalue weighted by Gasteiger charge is -2.20. The van der Waals surface area contributed by atoms with Crippen molar-refractivity contribution in [1.82, 2.24) is 15.2 Å². The summed E-state index contributed by atoms with van der Waals surface area (Å²) in [5.74, 6) is 0.453. The van der Waals surface area contributed by atoms with E-state index in [1.807, 2.05) is 17.9 Å². The van der Waals surface area contributed by atoms with Gasteiger partial charge in [0.05, 0.1) is 40.8 Å². The third-order valence-corrected chi connectivity index (χ3v) is 5.37. The molecule has 1 fully saturated rings. The standard InChI is InChI=1S/C21H22F3N5O/c1-12(14-4-3-5-15(8-14)21(22,23)24)26-20-18-9-16(29-7-6-17(30)11-29)10-25-19(18)13(2)27-28-20/h3-5,8-10,12,17,30H,6-7,11H2,1-2H3,(H,26,28)/t12-,17-/m1/s1. The van der Waals surface area contributed by atoms with Gasteiger partial charge in [-0.05, 0) is 44.0 Å².